The molecule has 1 aliphatic heterocycles. The van der Waals surface area contributed by atoms with Gasteiger partial charge in [0.05, 0.1) is 23.7 Å². The van der Waals surface area contributed by atoms with Crippen LogP contribution in [0.5, 0.6) is 0 Å². The monoisotopic (exact) mass is 350 g/mol. The summed E-state index contributed by atoms with van der Waals surface area (Å²) < 4.78 is 40.3. The second-order valence-electron chi connectivity index (χ2n) is 5.24. The fourth-order valence-corrected chi connectivity index (χ4v) is 2.67. The Hall–Kier alpha value is -1.47. The third kappa shape index (κ3) is 5.58. The molecule has 0 aliphatic carbocycles. The fraction of sp³-hybridized carbons (Fsp3) is 0.533. The smallest absolute Gasteiger partial charge is 0.372 e. The Kier molecular flexibility index (Phi) is 6.12. The van der Waals surface area contributed by atoms with E-state index in [4.69, 9.17) is 11.6 Å². The second kappa shape index (κ2) is 7.88. The molecular weight excluding hydrogens is 333 g/mol. The van der Waals surface area contributed by atoms with Crippen molar-refractivity contribution in [3.8, 4) is 0 Å². The summed E-state index contributed by atoms with van der Waals surface area (Å²) in [7, 11) is 0. The quantitative estimate of drug-likeness (QED) is 0.765. The Balaban J connectivity index is 1.74. The lowest BCUT2D eigenvalue weighted by Gasteiger charge is -2.36. The van der Waals surface area contributed by atoms with E-state index in [1.807, 2.05) is 24.3 Å². The minimum atomic E-state index is -4.36. The molecule has 0 unspecified atom stereocenters. The number of rotatable bonds is 5. The van der Waals surface area contributed by atoms with Gasteiger partial charge in [0.1, 0.15) is 6.61 Å². The standard InChI is InChI=1S/C15H18ClF3N2O2/c16-12-3-1-2-4-13(12)20-6-8-21(9-7-20)14(22)5-10-23-11-15(17,18)19/h1-4H,5-11H2. The molecule has 1 saturated heterocycles. The molecule has 0 radical (unpaired) electrons. The highest BCUT2D eigenvalue weighted by Gasteiger charge is 2.28. The fourth-order valence-electron chi connectivity index (χ4n) is 2.41. The van der Waals surface area contributed by atoms with E-state index in [-0.39, 0.29) is 18.9 Å². The van der Waals surface area contributed by atoms with E-state index in [0.29, 0.717) is 31.2 Å². The van der Waals surface area contributed by atoms with Crippen molar-refractivity contribution in [2.45, 2.75) is 12.6 Å². The molecule has 128 valence electrons. The molecular formula is C15H18ClF3N2O2. The maximum absolute atomic E-state index is 12.0. The summed E-state index contributed by atoms with van der Waals surface area (Å²) in [5.41, 5.74) is 0.926. The van der Waals surface area contributed by atoms with E-state index in [1.165, 1.54) is 0 Å². The highest BCUT2D eigenvalue weighted by Crippen LogP contribution is 2.26. The Labute approximate surface area is 137 Å². The van der Waals surface area contributed by atoms with E-state index >= 15 is 0 Å². The van der Waals surface area contributed by atoms with Crippen LogP contribution in [0, 0.1) is 0 Å². The second-order valence-corrected chi connectivity index (χ2v) is 5.64. The van der Waals surface area contributed by atoms with Gasteiger partial charge in [-0.2, -0.15) is 13.2 Å². The van der Waals surface area contributed by atoms with Gasteiger partial charge in [0.25, 0.3) is 0 Å². The predicted octanol–water partition coefficient (Wildman–Crippen LogP) is 2.96. The van der Waals surface area contributed by atoms with Gasteiger partial charge >= 0.3 is 6.18 Å². The molecule has 8 heteroatoms. The predicted molar refractivity (Wildman–Crippen MR) is 81.7 cm³/mol. The van der Waals surface area contributed by atoms with Crippen LogP contribution in [0.1, 0.15) is 6.42 Å². The van der Waals surface area contributed by atoms with Crippen LogP contribution < -0.4 is 4.90 Å². The van der Waals surface area contributed by atoms with E-state index in [1.54, 1.807) is 4.90 Å². The van der Waals surface area contributed by atoms with Gasteiger partial charge < -0.3 is 14.5 Å². The van der Waals surface area contributed by atoms with Crippen LogP contribution in [0.15, 0.2) is 24.3 Å². The van der Waals surface area contributed by atoms with Gasteiger partial charge in [0.2, 0.25) is 5.91 Å². The van der Waals surface area contributed by atoms with E-state index in [9.17, 15) is 18.0 Å². The first-order valence-electron chi connectivity index (χ1n) is 7.28. The summed E-state index contributed by atoms with van der Waals surface area (Å²) in [5.74, 6) is -0.189. The van der Waals surface area contributed by atoms with Gasteiger partial charge in [-0.1, -0.05) is 23.7 Å². The number of piperazine rings is 1. The van der Waals surface area contributed by atoms with Gasteiger partial charge in [0, 0.05) is 26.2 Å². The van der Waals surface area contributed by atoms with Crippen LogP contribution in [-0.4, -0.2) is 56.4 Å². The lowest BCUT2D eigenvalue weighted by Crippen LogP contribution is -2.49. The SMILES string of the molecule is O=C(CCOCC(F)(F)F)N1CCN(c2ccccc2Cl)CC1. The van der Waals surface area contributed by atoms with Crippen molar-refractivity contribution >= 4 is 23.2 Å². The highest BCUT2D eigenvalue weighted by atomic mass is 35.5. The highest BCUT2D eigenvalue weighted by molar-refractivity contribution is 6.33. The van der Waals surface area contributed by atoms with Gasteiger partial charge in [-0.05, 0) is 12.1 Å². The maximum Gasteiger partial charge on any atom is 0.411 e. The number of ether oxygens (including phenoxy) is 1. The van der Waals surface area contributed by atoms with Crippen molar-refractivity contribution in [3.63, 3.8) is 0 Å². The molecule has 1 heterocycles. The Morgan fingerprint density at radius 3 is 2.43 bits per heavy atom. The topological polar surface area (TPSA) is 32.8 Å². The van der Waals surface area contributed by atoms with Gasteiger partial charge in [-0.3, -0.25) is 4.79 Å². The number of nitrogens with zero attached hydrogens (tertiary/aromatic N) is 2. The zero-order chi connectivity index (χ0) is 16.9. The van der Waals surface area contributed by atoms with Crippen LogP contribution in [0.2, 0.25) is 5.02 Å². The first-order chi connectivity index (χ1) is 10.9. The van der Waals surface area contributed by atoms with E-state index in [2.05, 4.69) is 9.64 Å². The molecule has 0 N–H and O–H groups in total. The zero-order valence-electron chi connectivity index (χ0n) is 12.5. The molecule has 1 aromatic carbocycles. The van der Waals surface area contributed by atoms with E-state index < -0.39 is 12.8 Å². The third-order valence-corrected chi connectivity index (χ3v) is 3.87. The Morgan fingerprint density at radius 2 is 1.83 bits per heavy atom. The first kappa shape index (κ1) is 17.9. The maximum atomic E-state index is 12.0. The van der Waals surface area contributed by atoms with Crippen LogP contribution in [-0.2, 0) is 9.53 Å². The van der Waals surface area contributed by atoms with Crippen molar-refractivity contribution in [1.82, 2.24) is 4.90 Å². The van der Waals surface area contributed by atoms with Crippen LogP contribution >= 0.6 is 11.6 Å². The van der Waals surface area contributed by atoms with Crippen molar-refractivity contribution in [1.29, 1.82) is 0 Å². The number of amides is 1. The van der Waals surface area contributed by atoms with Crippen molar-refractivity contribution in [2.24, 2.45) is 0 Å². The molecule has 0 spiro atoms. The normalized spacial score (nSPS) is 15.8. The van der Waals surface area contributed by atoms with Gasteiger partial charge in [0.15, 0.2) is 0 Å². The molecule has 23 heavy (non-hydrogen) atoms. The molecule has 1 amide bonds. The minimum absolute atomic E-state index is 0.0395. The molecule has 1 aliphatic rings. The average molecular weight is 351 g/mol. The largest absolute Gasteiger partial charge is 0.411 e. The molecule has 1 aromatic rings. The Morgan fingerprint density at radius 1 is 1.17 bits per heavy atom. The number of halogens is 4. The Bertz CT molecular complexity index is 532. The number of carbonyl (C=O) groups excluding carboxylic acids is 1. The molecule has 0 atom stereocenters. The number of anilines is 1. The molecule has 0 aromatic heterocycles. The zero-order valence-corrected chi connectivity index (χ0v) is 13.2. The summed E-state index contributed by atoms with van der Waals surface area (Å²) in [6.45, 7) is 0.772. The van der Waals surface area contributed by atoms with Crippen molar-refractivity contribution in [2.75, 3.05) is 44.3 Å². The number of carbonyl (C=O) groups is 1. The summed E-state index contributed by atoms with van der Waals surface area (Å²) in [6, 6.07) is 7.49. The summed E-state index contributed by atoms with van der Waals surface area (Å²) in [6.07, 6.45) is -4.40. The molecule has 0 saturated carbocycles. The number of para-hydroxylation sites is 1. The average Bonchev–Trinajstić information content (AvgIpc) is 2.51. The third-order valence-electron chi connectivity index (χ3n) is 3.55. The first-order valence-corrected chi connectivity index (χ1v) is 7.66. The van der Waals surface area contributed by atoms with E-state index in [0.717, 1.165) is 5.69 Å². The number of benzene rings is 1. The van der Waals surface area contributed by atoms with Crippen molar-refractivity contribution in [3.05, 3.63) is 29.3 Å². The lowest BCUT2D eigenvalue weighted by atomic mass is 10.2. The van der Waals surface area contributed by atoms with Gasteiger partial charge in [-0.25, -0.2) is 0 Å². The number of hydrogen-bond donors (Lipinski definition) is 0. The molecule has 1 fully saturated rings. The van der Waals surface area contributed by atoms with Crippen LogP contribution in [0.4, 0.5) is 18.9 Å². The number of alkyl halides is 3. The number of hydrogen-bond acceptors (Lipinski definition) is 3. The summed E-state index contributed by atoms with van der Waals surface area (Å²) >= 11 is 6.15. The minimum Gasteiger partial charge on any atom is -0.372 e. The van der Waals surface area contributed by atoms with Crippen LogP contribution in [0.3, 0.4) is 0 Å². The summed E-state index contributed by atoms with van der Waals surface area (Å²) in [4.78, 5) is 15.7. The van der Waals surface area contributed by atoms with Crippen LogP contribution in [0.25, 0.3) is 0 Å². The van der Waals surface area contributed by atoms with Gasteiger partial charge in [-0.15, -0.1) is 0 Å². The molecule has 2 rings (SSSR count). The lowest BCUT2D eigenvalue weighted by molar-refractivity contribution is -0.175. The summed E-state index contributed by atoms with van der Waals surface area (Å²) in [5, 5.41) is 0.660. The van der Waals surface area contributed by atoms with Crippen molar-refractivity contribution < 1.29 is 22.7 Å². The molecule has 4 nitrogen and oxygen atoms in total. The molecule has 0 bridgehead atoms.